The number of hydrogen-bond donors (Lipinski definition) is 2. The van der Waals surface area contributed by atoms with E-state index in [0.29, 0.717) is 44.4 Å². The van der Waals surface area contributed by atoms with Gasteiger partial charge in [-0.3, -0.25) is 14.3 Å². The number of thiazole rings is 1. The third kappa shape index (κ3) is 6.58. The molecule has 0 aliphatic heterocycles. The van der Waals surface area contributed by atoms with Crippen molar-refractivity contribution < 1.29 is 19.1 Å². The minimum absolute atomic E-state index is 0.136. The zero-order chi connectivity index (χ0) is 28.3. The zero-order valence-electron chi connectivity index (χ0n) is 22.6. The number of aryl methyl sites for hydroxylation is 1. The van der Waals surface area contributed by atoms with Crippen molar-refractivity contribution in [1.82, 2.24) is 14.8 Å². The molecule has 0 unspecified atom stereocenters. The maximum absolute atomic E-state index is 13.5. The maximum Gasteiger partial charge on any atom is 0.273 e. The van der Waals surface area contributed by atoms with Crippen molar-refractivity contribution in [3.8, 4) is 22.1 Å². The topological polar surface area (TPSA) is 107 Å². The van der Waals surface area contributed by atoms with Crippen molar-refractivity contribution in [2.75, 3.05) is 24.9 Å². The summed E-state index contributed by atoms with van der Waals surface area (Å²) in [7, 11) is 3.15. The van der Waals surface area contributed by atoms with E-state index in [0.717, 1.165) is 10.4 Å². The standard InChI is InChI=1S/C28H30ClN5O4S/c1-16-24(39-27(30-16)32-26(36)28(2,3)4)21-14-22(25(35)31-19-9-11-20(37-5)12-10-19)34(33-21)15-17-7-8-18(29)13-23(17)38-6/h7-14H,15H2,1-6H3,(H,31,35)(H,30,32,36). The van der Waals surface area contributed by atoms with Crippen molar-refractivity contribution >= 4 is 45.6 Å². The minimum atomic E-state index is -0.564. The molecule has 0 radical (unpaired) electrons. The van der Waals surface area contributed by atoms with Gasteiger partial charge in [-0.1, -0.05) is 49.8 Å². The third-order valence-electron chi connectivity index (χ3n) is 5.86. The van der Waals surface area contributed by atoms with Crippen molar-refractivity contribution in [3.05, 3.63) is 70.5 Å². The van der Waals surface area contributed by atoms with Crippen LogP contribution in [0.5, 0.6) is 11.5 Å². The lowest BCUT2D eigenvalue weighted by molar-refractivity contribution is -0.123. The van der Waals surface area contributed by atoms with E-state index in [2.05, 4.69) is 15.6 Å². The molecule has 0 spiro atoms. The van der Waals surface area contributed by atoms with Gasteiger partial charge in [0.15, 0.2) is 5.13 Å². The summed E-state index contributed by atoms with van der Waals surface area (Å²) in [6.45, 7) is 7.62. The van der Waals surface area contributed by atoms with Crippen LogP contribution < -0.4 is 20.1 Å². The Morgan fingerprint density at radius 1 is 1.03 bits per heavy atom. The predicted octanol–water partition coefficient (Wildman–Crippen LogP) is 6.27. The Balaban J connectivity index is 1.71. The van der Waals surface area contributed by atoms with Crippen LogP contribution in [-0.4, -0.2) is 40.8 Å². The number of nitrogens with one attached hydrogen (secondary N) is 2. The SMILES string of the molecule is COc1ccc(NC(=O)c2cc(-c3sc(NC(=O)C(C)(C)C)nc3C)nn2Cc2ccc(Cl)cc2OC)cc1. The molecule has 4 rings (SSSR count). The number of rotatable bonds is 8. The summed E-state index contributed by atoms with van der Waals surface area (Å²) in [6.07, 6.45) is 0. The quantitative estimate of drug-likeness (QED) is 0.260. The fraction of sp³-hybridized carbons (Fsp3) is 0.286. The van der Waals surface area contributed by atoms with E-state index >= 15 is 0 Å². The number of halogens is 1. The molecule has 0 aliphatic rings. The van der Waals surface area contributed by atoms with Crippen molar-refractivity contribution in [2.24, 2.45) is 5.41 Å². The predicted molar refractivity (Wildman–Crippen MR) is 154 cm³/mol. The van der Waals surface area contributed by atoms with Gasteiger partial charge in [0.1, 0.15) is 22.9 Å². The first-order valence-electron chi connectivity index (χ1n) is 12.1. The Morgan fingerprint density at radius 3 is 2.38 bits per heavy atom. The first-order valence-corrected chi connectivity index (χ1v) is 13.3. The van der Waals surface area contributed by atoms with Gasteiger partial charge < -0.3 is 20.1 Å². The van der Waals surface area contributed by atoms with Gasteiger partial charge in [0, 0.05) is 21.7 Å². The normalized spacial score (nSPS) is 11.3. The number of ether oxygens (including phenoxy) is 2. The Bertz CT molecular complexity index is 1510. The number of amides is 2. The highest BCUT2D eigenvalue weighted by molar-refractivity contribution is 7.19. The number of anilines is 2. The first-order chi connectivity index (χ1) is 18.5. The molecule has 0 aliphatic carbocycles. The molecule has 2 aromatic carbocycles. The highest BCUT2D eigenvalue weighted by Gasteiger charge is 2.25. The lowest BCUT2D eigenvalue weighted by atomic mass is 9.96. The molecule has 39 heavy (non-hydrogen) atoms. The number of nitrogens with zero attached hydrogens (tertiary/aromatic N) is 3. The molecule has 9 nitrogen and oxygen atoms in total. The molecule has 0 saturated carbocycles. The average Bonchev–Trinajstić information content (AvgIpc) is 3.47. The molecule has 11 heteroatoms. The highest BCUT2D eigenvalue weighted by atomic mass is 35.5. The van der Waals surface area contributed by atoms with Crippen LogP contribution >= 0.6 is 22.9 Å². The third-order valence-corrected chi connectivity index (χ3v) is 7.19. The smallest absolute Gasteiger partial charge is 0.273 e. The Labute approximate surface area is 236 Å². The van der Waals surface area contributed by atoms with Crippen LogP contribution in [0, 0.1) is 12.3 Å². The van der Waals surface area contributed by atoms with Crippen LogP contribution in [0.25, 0.3) is 10.6 Å². The van der Waals surface area contributed by atoms with E-state index in [9.17, 15) is 9.59 Å². The zero-order valence-corrected chi connectivity index (χ0v) is 24.2. The first kappa shape index (κ1) is 28.1. The van der Waals surface area contributed by atoms with Gasteiger partial charge in [-0.2, -0.15) is 5.10 Å². The summed E-state index contributed by atoms with van der Waals surface area (Å²) < 4.78 is 12.3. The molecule has 204 valence electrons. The van der Waals surface area contributed by atoms with Crippen molar-refractivity contribution in [3.63, 3.8) is 0 Å². The van der Waals surface area contributed by atoms with Gasteiger partial charge in [0.25, 0.3) is 5.91 Å². The molecule has 0 bridgehead atoms. The van der Waals surface area contributed by atoms with E-state index in [1.807, 2.05) is 33.8 Å². The van der Waals surface area contributed by atoms with Crippen LogP contribution in [0.15, 0.2) is 48.5 Å². The number of methoxy groups -OCH3 is 2. The molecule has 2 aromatic heterocycles. The van der Waals surface area contributed by atoms with Gasteiger partial charge in [-0.25, -0.2) is 4.98 Å². The van der Waals surface area contributed by atoms with E-state index in [1.165, 1.54) is 11.3 Å². The molecular weight excluding hydrogens is 538 g/mol. The number of aromatic nitrogens is 3. The van der Waals surface area contributed by atoms with Crippen LogP contribution in [0.4, 0.5) is 10.8 Å². The molecule has 4 aromatic rings. The Morgan fingerprint density at radius 2 is 1.74 bits per heavy atom. The molecule has 0 saturated heterocycles. The molecule has 0 atom stereocenters. The second-order valence-corrected chi connectivity index (χ2v) is 11.3. The summed E-state index contributed by atoms with van der Waals surface area (Å²) in [5, 5.41) is 11.6. The van der Waals surface area contributed by atoms with Crippen LogP contribution in [0.2, 0.25) is 5.02 Å². The molecule has 2 heterocycles. The van der Waals surface area contributed by atoms with Gasteiger partial charge in [0.05, 0.1) is 31.3 Å². The second-order valence-electron chi connectivity index (χ2n) is 9.85. The number of carbonyl (C=O) groups is 2. The lowest BCUT2D eigenvalue weighted by Crippen LogP contribution is -2.27. The summed E-state index contributed by atoms with van der Waals surface area (Å²) in [6, 6.07) is 14.1. The largest absolute Gasteiger partial charge is 0.497 e. The Kier molecular flexibility index (Phi) is 8.27. The van der Waals surface area contributed by atoms with Crippen molar-refractivity contribution in [2.45, 2.75) is 34.2 Å². The monoisotopic (exact) mass is 567 g/mol. The summed E-state index contributed by atoms with van der Waals surface area (Å²) in [4.78, 5) is 31.2. The number of hydrogen-bond acceptors (Lipinski definition) is 7. The van der Waals surface area contributed by atoms with E-state index in [-0.39, 0.29) is 18.4 Å². The van der Waals surface area contributed by atoms with Gasteiger partial charge >= 0.3 is 0 Å². The number of benzene rings is 2. The second kappa shape index (κ2) is 11.5. The molecule has 2 N–H and O–H groups in total. The van der Waals surface area contributed by atoms with E-state index in [4.69, 9.17) is 26.2 Å². The fourth-order valence-corrected chi connectivity index (χ4v) is 4.76. The van der Waals surface area contributed by atoms with Crippen LogP contribution in [-0.2, 0) is 11.3 Å². The average molecular weight is 568 g/mol. The van der Waals surface area contributed by atoms with Gasteiger partial charge in [-0.15, -0.1) is 0 Å². The fourth-order valence-electron chi connectivity index (χ4n) is 3.68. The van der Waals surface area contributed by atoms with E-state index in [1.54, 1.807) is 61.4 Å². The summed E-state index contributed by atoms with van der Waals surface area (Å²) >= 11 is 7.46. The van der Waals surface area contributed by atoms with Crippen LogP contribution in [0.1, 0.15) is 42.5 Å². The van der Waals surface area contributed by atoms with Crippen LogP contribution in [0.3, 0.4) is 0 Å². The Hall–Kier alpha value is -3.89. The lowest BCUT2D eigenvalue weighted by Gasteiger charge is -2.15. The summed E-state index contributed by atoms with van der Waals surface area (Å²) in [5.41, 5.74) is 2.45. The molecule has 0 fully saturated rings. The van der Waals surface area contributed by atoms with E-state index < -0.39 is 5.41 Å². The summed E-state index contributed by atoms with van der Waals surface area (Å²) in [5.74, 6) is 0.797. The minimum Gasteiger partial charge on any atom is -0.497 e. The van der Waals surface area contributed by atoms with Crippen molar-refractivity contribution in [1.29, 1.82) is 0 Å². The maximum atomic E-state index is 13.5. The van der Waals surface area contributed by atoms with Gasteiger partial charge in [-0.05, 0) is 49.4 Å². The van der Waals surface area contributed by atoms with Gasteiger partial charge in [0.2, 0.25) is 5.91 Å². The molecule has 2 amide bonds. The molecular formula is C28H30ClN5O4S. The highest BCUT2D eigenvalue weighted by Crippen LogP contribution is 2.34. The number of carbonyl (C=O) groups excluding carboxylic acids is 2.